The minimum Gasteiger partial charge on any atom is -0.479 e. The van der Waals surface area contributed by atoms with Crippen LogP contribution in [0.3, 0.4) is 0 Å². The van der Waals surface area contributed by atoms with Crippen LogP contribution in [0.4, 0.5) is 5.69 Å². The monoisotopic (exact) mass is 374 g/mol. The van der Waals surface area contributed by atoms with Crippen LogP contribution in [0.25, 0.3) is 0 Å². The second kappa shape index (κ2) is 8.48. The summed E-state index contributed by atoms with van der Waals surface area (Å²) in [5.74, 6) is -2.55. The summed E-state index contributed by atoms with van der Waals surface area (Å²) in [6.45, 7) is 1.94. The van der Waals surface area contributed by atoms with Crippen molar-refractivity contribution in [2.24, 2.45) is 5.92 Å². The molecule has 0 bridgehead atoms. The zero-order valence-corrected chi connectivity index (χ0v) is 15.2. The number of nitrogens with zero attached hydrogens (tertiary/aromatic N) is 1. The van der Waals surface area contributed by atoms with E-state index in [4.69, 9.17) is 0 Å². The third kappa shape index (κ3) is 4.16. The molecule has 0 aliphatic heterocycles. The zero-order valence-electron chi connectivity index (χ0n) is 15.2. The quantitative estimate of drug-likeness (QED) is 0.407. The first-order chi connectivity index (χ1) is 12.9. The van der Waals surface area contributed by atoms with Crippen LogP contribution >= 0.6 is 0 Å². The molecular formula is C19H22N2O6. The number of rotatable bonds is 8. The SMILES string of the molecule is CCCCC1C([N+](=O)[O-])=CC=CC1(Nc1ccc(C(=O)OC)cc1)C(=O)O. The molecule has 0 saturated carbocycles. The fourth-order valence-corrected chi connectivity index (χ4v) is 3.18. The van der Waals surface area contributed by atoms with Gasteiger partial charge in [-0.25, -0.2) is 9.59 Å². The van der Waals surface area contributed by atoms with Crippen molar-refractivity contribution in [3.63, 3.8) is 0 Å². The molecule has 0 aromatic heterocycles. The van der Waals surface area contributed by atoms with Gasteiger partial charge in [-0.2, -0.15) is 0 Å². The van der Waals surface area contributed by atoms with Crippen molar-refractivity contribution in [1.82, 2.24) is 0 Å². The van der Waals surface area contributed by atoms with Crippen LogP contribution in [-0.2, 0) is 9.53 Å². The Hall–Kier alpha value is -3.16. The number of carboxylic acids is 1. The van der Waals surface area contributed by atoms with E-state index in [0.29, 0.717) is 24.1 Å². The minimum absolute atomic E-state index is 0.132. The van der Waals surface area contributed by atoms with Crippen molar-refractivity contribution in [1.29, 1.82) is 0 Å². The Morgan fingerprint density at radius 2 is 2.00 bits per heavy atom. The number of aliphatic carboxylic acids is 1. The lowest BCUT2D eigenvalue weighted by Crippen LogP contribution is -2.53. The van der Waals surface area contributed by atoms with Crippen molar-refractivity contribution in [3.05, 3.63) is 63.9 Å². The van der Waals surface area contributed by atoms with Gasteiger partial charge in [0.05, 0.1) is 23.5 Å². The predicted octanol–water partition coefficient (Wildman–Crippen LogP) is 3.25. The topological polar surface area (TPSA) is 119 Å². The van der Waals surface area contributed by atoms with Gasteiger partial charge in [0.1, 0.15) is 0 Å². The Balaban J connectivity index is 2.41. The highest BCUT2D eigenvalue weighted by Gasteiger charge is 2.50. The molecule has 2 unspecified atom stereocenters. The van der Waals surface area contributed by atoms with E-state index in [-0.39, 0.29) is 5.70 Å². The first kappa shape index (κ1) is 20.2. The molecule has 0 fully saturated rings. The van der Waals surface area contributed by atoms with Crippen molar-refractivity contribution in [3.8, 4) is 0 Å². The summed E-state index contributed by atoms with van der Waals surface area (Å²) < 4.78 is 4.64. The first-order valence-electron chi connectivity index (χ1n) is 8.59. The van der Waals surface area contributed by atoms with Crippen LogP contribution in [0.5, 0.6) is 0 Å². The maximum Gasteiger partial charge on any atom is 0.337 e. The Morgan fingerprint density at radius 3 is 2.52 bits per heavy atom. The predicted molar refractivity (Wildman–Crippen MR) is 99.0 cm³/mol. The number of anilines is 1. The molecule has 8 heteroatoms. The van der Waals surface area contributed by atoms with E-state index in [2.05, 4.69) is 10.1 Å². The van der Waals surface area contributed by atoms with Crippen molar-refractivity contribution >= 4 is 17.6 Å². The fourth-order valence-electron chi connectivity index (χ4n) is 3.18. The van der Waals surface area contributed by atoms with Gasteiger partial charge in [0.2, 0.25) is 0 Å². The Labute approximate surface area is 156 Å². The summed E-state index contributed by atoms with van der Waals surface area (Å²) in [6.07, 6.45) is 5.98. The second-order valence-electron chi connectivity index (χ2n) is 6.27. The average molecular weight is 374 g/mol. The minimum atomic E-state index is -1.65. The van der Waals surface area contributed by atoms with E-state index in [0.717, 1.165) is 6.42 Å². The van der Waals surface area contributed by atoms with Crippen LogP contribution in [0, 0.1) is 16.0 Å². The molecule has 27 heavy (non-hydrogen) atoms. The van der Waals surface area contributed by atoms with Crippen LogP contribution in [0.2, 0.25) is 0 Å². The Kier molecular flexibility index (Phi) is 6.33. The summed E-state index contributed by atoms with van der Waals surface area (Å²) in [7, 11) is 1.27. The number of unbranched alkanes of at least 4 members (excludes halogenated alkanes) is 1. The molecule has 2 atom stereocenters. The molecular weight excluding hydrogens is 352 g/mol. The average Bonchev–Trinajstić information content (AvgIpc) is 2.66. The summed E-state index contributed by atoms with van der Waals surface area (Å²) in [4.78, 5) is 34.7. The van der Waals surface area contributed by atoms with Crippen LogP contribution in [0.1, 0.15) is 36.5 Å². The van der Waals surface area contributed by atoms with E-state index >= 15 is 0 Å². The number of hydrogen-bond donors (Lipinski definition) is 2. The lowest BCUT2D eigenvalue weighted by Gasteiger charge is -2.36. The normalized spacial score (nSPS) is 21.3. The maximum atomic E-state index is 12.2. The van der Waals surface area contributed by atoms with Crippen LogP contribution in [-0.4, -0.2) is 34.6 Å². The Morgan fingerprint density at radius 1 is 1.33 bits per heavy atom. The van der Waals surface area contributed by atoms with Crippen LogP contribution < -0.4 is 5.32 Å². The highest BCUT2D eigenvalue weighted by molar-refractivity contribution is 5.90. The van der Waals surface area contributed by atoms with E-state index in [1.165, 1.54) is 37.5 Å². The molecule has 1 aromatic carbocycles. The highest BCUT2D eigenvalue weighted by Crippen LogP contribution is 2.37. The molecule has 0 radical (unpaired) electrons. The number of allylic oxidation sites excluding steroid dienone is 2. The molecule has 1 aliphatic carbocycles. The Bertz CT molecular complexity index is 784. The molecule has 0 saturated heterocycles. The third-order valence-corrected chi connectivity index (χ3v) is 4.60. The van der Waals surface area contributed by atoms with E-state index < -0.39 is 28.3 Å². The lowest BCUT2D eigenvalue weighted by atomic mass is 9.75. The number of ether oxygens (including phenoxy) is 1. The largest absolute Gasteiger partial charge is 0.479 e. The summed E-state index contributed by atoms with van der Waals surface area (Å²) in [6, 6.07) is 6.10. The van der Waals surface area contributed by atoms with Gasteiger partial charge in [-0.15, -0.1) is 0 Å². The van der Waals surface area contributed by atoms with E-state index in [1.807, 2.05) is 6.92 Å². The molecule has 144 valence electrons. The summed E-state index contributed by atoms with van der Waals surface area (Å²) in [5.41, 5.74) is -1.04. The third-order valence-electron chi connectivity index (χ3n) is 4.60. The number of methoxy groups -OCH3 is 1. The zero-order chi connectivity index (χ0) is 20.0. The fraction of sp³-hybridized carbons (Fsp3) is 0.368. The summed E-state index contributed by atoms with van der Waals surface area (Å²) in [5, 5.41) is 24.4. The molecule has 8 nitrogen and oxygen atoms in total. The molecule has 0 spiro atoms. The first-order valence-corrected chi connectivity index (χ1v) is 8.59. The molecule has 2 N–H and O–H groups in total. The number of benzene rings is 1. The number of nitrogens with one attached hydrogen (secondary N) is 1. The van der Waals surface area contributed by atoms with E-state index in [9.17, 15) is 24.8 Å². The van der Waals surface area contributed by atoms with Gasteiger partial charge in [0, 0.05) is 11.8 Å². The standard InChI is InChI=1S/C19H22N2O6/c1-3-4-6-15-16(21(25)26)7-5-12-19(15,18(23)24)20-14-10-8-13(9-11-14)17(22)27-2/h5,7-12,15,20H,3-4,6H2,1-2H3,(H,23,24). The van der Waals surface area contributed by atoms with Gasteiger partial charge in [-0.05, 0) is 36.8 Å². The number of carbonyl (C=O) groups excluding carboxylic acids is 1. The van der Waals surface area contributed by atoms with Crippen LogP contribution in [0.15, 0.2) is 48.2 Å². The molecule has 0 heterocycles. The van der Waals surface area contributed by atoms with Gasteiger partial charge in [-0.3, -0.25) is 10.1 Å². The number of nitro groups is 1. The molecule has 1 aromatic rings. The molecule has 2 rings (SSSR count). The smallest absolute Gasteiger partial charge is 0.337 e. The van der Waals surface area contributed by atoms with E-state index in [1.54, 1.807) is 12.1 Å². The van der Waals surface area contributed by atoms with Gasteiger partial charge in [-0.1, -0.05) is 25.8 Å². The second-order valence-corrected chi connectivity index (χ2v) is 6.27. The maximum absolute atomic E-state index is 12.2. The van der Waals surface area contributed by atoms with Crippen molar-refractivity contribution < 1.29 is 24.4 Å². The van der Waals surface area contributed by atoms with Crippen molar-refractivity contribution in [2.75, 3.05) is 12.4 Å². The number of carboxylic acid groups (broad SMARTS) is 1. The van der Waals surface area contributed by atoms with Crippen molar-refractivity contribution in [2.45, 2.75) is 31.7 Å². The highest BCUT2D eigenvalue weighted by atomic mass is 16.6. The lowest BCUT2D eigenvalue weighted by molar-refractivity contribution is -0.435. The number of esters is 1. The van der Waals surface area contributed by atoms with Gasteiger partial charge >= 0.3 is 11.9 Å². The van der Waals surface area contributed by atoms with Gasteiger partial charge in [0.25, 0.3) is 5.70 Å². The molecule has 1 aliphatic rings. The summed E-state index contributed by atoms with van der Waals surface area (Å²) >= 11 is 0. The number of hydrogen-bond acceptors (Lipinski definition) is 6. The van der Waals surface area contributed by atoms with Gasteiger partial charge in [0.15, 0.2) is 5.54 Å². The molecule has 0 amide bonds. The number of carbonyl (C=O) groups is 2. The van der Waals surface area contributed by atoms with Gasteiger partial charge < -0.3 is 15.2 Å².